The molecule has 0 aliphatic rings. The second-order valence-electron chi connectivity index (χ2n) is 6.89. The van der Waals surface area contributed by atoms with Crippen LogP contribution in [-0.4, -0.2) is 32.4 Å². The SMILES string of the molecule is COc1cccc(/C=N\NC(=O)COc2c(C)cccc2C)c1OCC(C)C. The molecule has 0 aliphatic carbocycles. The van der Waals surface area contributed by atoms with Crippen molar-refractivity contribution in [2.75, 3.05) is 20.3 Å². The Labute approximate surface area is 166 Å². The molecule has 1 amide bonds. The van der Waals surface area contributed by atoms with Crippen LogP contribution in [0.4, 0.5) is 0 Å². The van der Waals surface area contributed by atoms with Crippen molar-refractivity contribution in [1.82, 2.24) is 5.43 Å². The molecule has 0 atom stereocenters. The Morgan fingerprint density at radius 2 is 1.75 bits per heavy atom. The summed E-state index contributed by atoms with van der Waals surface area (Å²) in [5.74, 6) is 1.97. The van der Waals surface area contributed by atoms with E-state index >= 15 is 0 Å². The van der Waals surface area contributed by atoms with Crippen molar-refractivity contribution < 1.29 is 19.0 Å². The van der Waals surface area contributed by atoms with Crippen LogP contribution in [0.3, 0.4) is 0 Å². The van der Waals surface area contributed by atoms with E-state index in [-0.39, 0.29) is 12.5 Å². The van der Waals surface area contributed by atoms with Crippen LogP contribution in [0.5, 0.6) is 17.2 Å². The number of hydrogen-bond donors (Lipinski definition) is 1. The van der Waals surface area contributed by atoms with Crippen molar-refractivity contribution in [2.45, 2.75) is 27.7 Å². The molecule has 0 aromatic heterocycles. The smallest absolute Gasteiger partial charge is 0.277 e. The van der Waals surface area contributed by atoms with Gasteiger partial charge in [-0.05, 0) is 43.0 Å². The van der Waals surface area contributed by atoms with Gasteiger partial charge in [0.25, 0.3) is 5.91 Å². The van der Waals surface area contributed by atoms with Gasteiger partial charge >= 0.3 is 0 Å². The molecule has 0 saturated heterocycles. The summed E-state index contributed by atoms with van der Waals surface area (Å²) in [6, 6.07) is 11.4. The highest BCUT2D eigenvalue weighted by Gasteiger charge is 2.11. The molecule has 28 heavy (non-hydrogen) atoms. The molecule has 0 radical (unpaired) electrons. The number of hydrazone groups is 1. The van der Waals surface area contributed by atoms with Gasteiger partial charge in [0.2, 0.25) is 0 Å². The highest BCUT2D eigenvalue weighted by Crippen LogP contribution is 2.30. The highest BCUT2D eigenvalue weighted by atomic mass is 16.5. The number of hydrogen-bond acceptors (Lipinski definition) is 5. The van der Waals surface area contributed by atoms with Gasteiger partial charge in [-0.3, -0.25) is 4.79 Å². The van der Waals surface area contributed by atoms with E-state index in [1.807, 2.05) is 50.2 Å². The molecule has 2 aromatic carbocycles. The summed E-state index contributed by atoms with van der Waals surface area (Å²) in [5.41, 5.74) is 5.17. The number of carbonyl (C=O) groups excluding carboxylic acids is 1. The molecule has 0 spiro atoms. The summed E-state index contributed by atoms with van der Waals surface area (Å²) >= 11 is 0. The number of methoxy groups -OCH3 is 1. The van der Waals surface area contributed by atoms with Crippen LogP contribution in [0, 0.1) is 19.8 Å². The Bertz CT molecular complexity index is 811. The summed E-state index contributed by atoms with van der Waals surface area (Å²) in [4.78, 5) is 12.0. The maximum absolute atomic E-state index is 12.0. The number of para-hydroxylation sites is 2. The molecule has 0 saturated carbocycles. The number of ether oxygens (including phenoxy) is 3. The molecule has 0 unspecified atom stereocenters. The van der Waals surface area contributed by atoms with Gasteiger partial charge < -0.3 is 14.2 Å². The van der Waals surface area contributed by atoms with Crippen molar-refractivity contribution in [1.29, 1.82) is 0 Å². The van der Waals surface area contributed by atoms with Gasteiger partial charge in [0, 0.05) is 5.56 Å². The molecule has 6 nitrogen and oxygen atoms in total. The normalized spacial score (nSPS) is 10.9. The molecule has 2 aromatic rings. The Morgan fingerprint density at radius 3 is 2.39 bits per heavy atom. The number of amides is 1. The molecule has 150 valence electrons. The summed E-state index contributed by atoms with van der Waals surface area (Å²) in [6.07, 6.45) is 1.54. The van der Waals surface area contributed by atoms with E-state index < -0.39 is 0 Å². The average Bonchev–Trinajstić information content (AvgIpc) is 2.66. The van der Waals surface area contributed by atoms with E-state index in [9.17, 15) is 4.79 Å². The third-order valence-electron chi connectivity index (χ3n) is 3.94. The Balaban J connectivity index is 1.99. The summed E-state index contributed by atoms with van der Waals surface area (Å²) in [5, 5.41) is 4.02. The number of carbonyl (C=O) groups is 1. The summed E-state index contributed by atoms with van der Waals surface area (Å²) in [6.45, 7) is 8.47. The lowest BCUT2D eigenvalue weighted by molar-refractivity contribution is -0.123. The molecule has 0 bridgehead atoms. The van der Waals surface area contributed by atoms with Gasteiger partial charge in [-0.2, -0.15) is 5.10 Å². The highest BCUT2D eigenvalue weighted by molar-refractivity contribution is 5.86. The lowest BCUT2D eigenvalue weighted by Gasteiger charge is -2.14. The average molecular weight is 384 g/mol. The predicted molar refractivity (Wildman–Crippen MR) is 110 cm³/mol. The second kappa shape index (κ2) is 10.3. The van der Waals surface area contributed by atoms with Gasteiger partial charge in [-0.25, -0.2) is 5.43 Å². The van der Waals surface area contributed by atoms with Crippen LogP contribution in [-0.2, 0) is 4.79 Å². The third-order valence-corrected chi connectivity index (χ3v) is 3.94. The summed E-state index contributed by atoms with van der Waals surface area (Å²) < 4.78 is 16.8. The number of rotatable bonds is 9. The first-order valence-corrected chi connectivity index (χ1v) is 9.23. The van der Waals surface area contributed by atoms with Gasteiger partial charge in [0.05, 0.1) is 19.9 Å². The molecule has 0 heterocycles. The van der Waals surface area contributed by atoms with Gasteiger partial charge in [-0.1, -0.05) is 38.1 Å². The molecule has 1 N–H and O–H groups in total. The maximum Gasteiger partial charge on any atom is 0.277 e. The zero-order valence-corrected chi connectivity index (χ0v) is 17.1. The van der Waals surface area contributed by atoms with Crippen LogP contribution in [0.2, 0.25) is 0 Å². The Morgan fingerprint density at radius 1 is 1.07 bits per heavy atom. The van der Waals surface area contributed by atoms with E-state index in [2.05, 4.69) is 24.4 Å². The Hall–Kier alpha value is -3.02. The molecule has 2 rings (SSSR count). The van der Waals surface area contributed by atoms with E-state index in [0.29, 0.717) is 24.0 Å². The number of nitrogens with one attached hydrogen (secondary N) is 1. The number of benzene rings is 2. The monoisotopic (exact) mass is 384 g/mol. The largest absolute Gasteiger partial charge is 0.493 e. The first-order valence-electron chi connectivity index (χ1n) is 9.23. The zero-order valence-electron chi connectivity index (χ0n) is 17.1. The van der Waals surface area contributed by atoms with Gasteiger partial charge in [-0.15, -0.1) is 0 Å². The van der Waals surface area contributed by atoms with E-state index in [1.165, 1.54) is 6.21 Å². The first-order chi connectivity index (χ1) is 13.4. The first kappa shape index (κ1) is 21.3. The van der Waals surface area contributed by atoms with E-state index in [4.69, 9.17) is 14.2 Å². The topological polar surface area (TPSA) is 69.2 Å². The maximum atomic E-state index is 12.0. The van der Waals surface area contributed by atoms with Crippen molar-refractivity contribution in [3.8, 4) is 17.2 Å². The molecule has 6 heteroatoms. The van der Waals surface area contributed by atoms with Crippen LogP contribution < -0.4 is 19.6 Å². The van der Waals surface area contributed by atoms with Crippen molar-refractivity contribution >= 4 is 12.1 Å². The van der Waals surface area contributed by atoms with Gasteiger partial charge in [0.1, 0.15) is 5.75 Å². The molecular formula is C22H28N2O4. The molecule has 0 fully saturated rings. The van der Waals surface area contributed by atoms with Crippen LogP contribution in [0.1, 0.15) is 30.5 Å². The van der Waals surface area contributed by atoms with E-state index in [1.54, 1.807) is 7.11 Å². The second-order valence-corrected chi connectivity index (χ2v) is 6.89. The van der Waals surface area contributed by atoms with Crippen molar-refractivity contribution in [3.63, 3.8) is 0 Å². The molecule has 0 aliphatic heterocycles. The van der Waals surface area contributed by atoms with Crippen LogP contribution in [0.25, 0.3) is 0 Å². The van der Waals surface area contributed by atoms with Crippen molar-refractivity contribution in [2.24, 2.45) is 11.0 Å². The quantitative estimate of drug-likeness (QED) is 0.526. The fourth-order valence-electron chi connectivity index (χ4n) is 2.57. The fourth-order valence-corrected chi connectivity index (χ4v) is 2.57. The Kier molecular flexibility index (Phi) is 7.87. The van der Waals surface area contributed by atoms with Crippen molar-refractivity contribution in [3.05, 3.63) is 53.1 Å². The summed E-state index contributed by atoms with van der Waals surface area (Å²) in [7, 11) is 1.59. The standard InChI is InChI=1S/C22H28N2O4/c1-15(2)13-27-22-18(10-7-11-19(22)26-5)12-23-24-20(25)14-28-21-16(3)8-6-9-17(21)4/h6-12,15H,13-14H2,1-5H3,(H,24,25)/b23-12-. The van der Waals surface area contributed by atoms with Gasteiger partial charge in [0.15, 0.2) is 18.1 Å². The minimum atomic E-state index is -0.341. The zero-order chi connectivity index (χ0) is 20.5. The number of nitrogens with zero attached hydrogens (tertiary/aromatic N) is 1. The van der Waals surface area contributed by atoms with E-state index in [0.717, 1.165) is 22.4 Å². The predicted octanol–water partition coefficient (Wildman–Crippen LogP) is 3.88. The number of aryl methyl sites for hydroxylation is 2. The van der Waals surface area contributed by atoms with Crippen LogP contribution >= 0.6 is 0 Å². The lowest BCUT2D eigenvalue weighted by atomic mass is 10.1. The van der Waals surface area contributed by atoms with Crippen LogP contribution in [0.15, 0.2) is 41.5 Å². The molecular weight excluding hydrogens is 356 g/mol. The third kappa shape index (κ3) is 6.01. The minimum Gasteiger partial charge on any atom is -0.493 e. The lowest BCUT2D eigenvalue weighted by Crippen LogP contribution is -2.25. The minimum absolute atomic E-state index is 0.113. The fraction of sp³-hybridized carbons (Fsp3) is 0.364.